The van der Waals surface area contributed by atoms with Gasteiger partial charge in [0.1, 0.15) is 17.6 Å². The van der Waals surface area contributed by atoms with Crippen LogP contribution in [0.3, 0.4) is 0 Å². The summed E-state index contributed by atoms with van der Waals surface area (Å²) in [5.41, 5.74) is 4.29. The van der Waals surface area contributed by atoms with Crippen LogP contribution in [0.1, 0.15) is 17.5 Å². The van der Waals surface area contributed by atoms with Gasteiger partial charge in [0.2, 0.25) is 18.3 Å². The van der Waals surface area contributed by atoms with Crippen molar-refractivity contribution in [3.8, 4) is 28.7 Å². The first kappa shape index (κ1) is 22.7. The number of methoxy groups -OCH3 is 3. The van der Waals surface area contributed by atoms with Gasteiger partial charge in [-0.2, -0.15) is 5.10 Å². The smallest absolute Gasteiger partial charge is 0.289 e. The lowest BCUT2D eigenvalue weighted by atomic mass is 10.0. The maximum Gasteiger partial charge on any atom is 0.289 e. The summed E-state index contributed by atoms with van der Waals surface area (Å²) in [6, 6.07) is 7.26. The van der Waals surface area contributed by atoms with Crippen LogP contribution in [0.15, 0.2) is 39.0 Å². The third-order valence-corrected chi connectivity index (χ3v) is 5.93. The van der Waals surface area contributed by atoms with Gasteiger partial charge in [-0.25, -0.2) is 5.43 Å². The van der Waals surface area contributed by atoms with Crippen LogP contribution in [0.4, 0.5) is 0 Å². The Labute approximate surface area is 198 Å². The monoisotopic (exact) mass is 519 g/mol. The average Bonchev–Trinajstić information content (AvgIpc) is 3.50. The third-order valence-electron chi connectivity index (χ3n) is 5.09. The molecule has 174 valence electrons. The molecule has 1 N–H and O–H groups in total. The lowest BCUT2D eigenvalue weighted by Gasteiger charge is -2.18. The molecule has 0 fully saturated rings. The van der Waals surface area contributed by atoms with Crippen LogP contribution < -0.4 is 29.1 Å². The van der Waals surface area contributed by atoms with Crippen molar-refractivity contribution in [1.82, 2.24) is 5.43 Å². The predicted octanol–water partition coefficient (Wildman–Crippen LogP) is 3.04. The maximum atomic E-state index is 12.4. The van der Waals surface area contributed by atoms with Crippen molar-refractivity contribution in [3.63, 3.8) is 0 Å². The molecule has 10 nitrogen and oxygen atoms in total. The van der Waals surface area contributed by atoms with Crippen LogP contribution in [-0.4, -0.2) is 52.1 Å². The number of carbonyl (C=O) groups is 1. The van der Waals surface area contributed by atoms with E-state index >= 15 is 0 Å². The van der Waals surface area contributed by atoms with E-state index in [2.05, 4.69) is 31.6 Å². The first-order valence-corrected chi connectivity index (χ1v) is 10.8. The number of amides is 1. The number of nitrogens with zero attached hydrogens (tertiary/aromatic N) is 2. The number of oxime groups is 1. The van der Waals surface area contributed by atoms with Gasteiger partial charge < -0.3 is 28.5 Å². The molecule has 2 heterocycles. The minimum atomic E-state index is -0.434. The van der Waals surface area contributed by atoms with Crippen molar-refractivity contribution in [2.75, 3.05) is 28.1 Å². The van der Waals surface area contributed by atoms with E-state index in [0.717, 1.165) is 16.9 Å². The fraction of sp³-hybridized carbons (Fsp3) is 0.318. The van der Waals surface area contributed by atoms with Crippen molar-refractivity contribution in [2.45, 2.75) is 18.9 Å². The molecule has 1 amide bonds. The largest absolute Gasteiger partial charge is 0.497 e. The number of ether oxygens (including phenoxy) is 5. The SMILES string of the molecule is COc1ccc(C=NNC(=O)C2=NOC(Cc3c(Br)c(OC)c4c(c3OC)OCO4)C2)cc1. The standard InChI is InChI=1S/C22H22BrN3O7/c1-28-13-6-4-12(5-7-13)10-24-25-22(27)16-9-14(33-26-16)8-15-17(23)19(30-3)21-20(18(15)29-2)31-11-32-21/h4-7,10,14H,8-9,11H2,1-3H3,(H,25,27). The third kappa shape index (κ3) is 4.68. The number of hydrogen-bond donors (Lipinski definition) is 1. The predicted molar refractivity (Wildman–Crippen MR) is 123 cm³/mol. The van der Waals surface area contributed by atoms with Gasteiger partial charge in [-0.15, -0.1) is 0 Å². The zero-order chi connectivity index (χ0) is 23.4. The summed E-state index contributed by atoms with van der Waals surface area (Å²) in [4.78, 5) is 17.9. The average molecular weight is 520 g/mol. The number of benzene rings is 2. The van der Waals surface area contributed by atoms with Crippen molar-refractivity contribution in [2.24, 2.45) is 10.3 Å². The topological polar surface area (TPSA) is 109 Å². The Bertz CT molecular complexity index is 1100. The van der Waals surface area contributed by atoms with Gasteiger partial charge in [0.25, 0.3) is 5.91 Å². The van der Waals surface area contributed by atoms with Gasteiger partial charge in [-0.3, -0.25) is 4.79 Å². The van der Waals surface area contributed by atoms with E-state index < -0.39 is 5.91 Å². The summed E-state index contributed by atoms with van der Waals surface area (Å²) in [6.07, 6.45) is 1.85. The molecule has 2 aliphatic rings. The second-order valence-corrected chi connectivity index (χ2v) is 7.86. The van der Waals surface area contributed by atoms with Crippen LogP contribution >= 0.6 is 15.9 Å². The van der Waals surface area contributed by atoms with E-state index in [1.54, 1.807) is 33.5 Å². The molecule has 0 saturated carbocycles. The van der Waals surface area contributed by atoms with Crippen LogP contribution in [0.2, 0.25) is 0 Å². The highest BCUT2D eigenvalue weighted by molar-refractivity contribution is 9.10. The Morgan fingerprint density at radius 3 is 2.52 bits per heavy atom. The molecule has 1 atom stereocenters. The van der Waals surface area contributed by atoms with Crippen LogP contribution in [0, 0.1) is 0 Å². The normalized spacial score (nSPS) is 16.4. The minimum Gasteiger partial charge on any atom is -0.497 e. The van der Waals surface area contributed by atoms with E-state index in [9.17, 15) is 4.79 Å². The number of carbonyl (C=O) groups excluding carboxylic acids is 1. The van der Waals surface area contributed by atoms with Gasteiger partial charge in [-0.05, 0) is 45.8 Å². The van der Waals surface area contributed by atoms with Crippen molar-refractivity contribution < 1.29 is 33.3 Å². The van der Waals surface area contributed by atoms with Gasteiger partial charge >= 0.3 is 0 Å². The molecule has 33 heavy (non-hydrogen) atoms. The van der Waals surface area contributed by atoms with Gasteiger partial charge in [0, 0.05) is 18.4 Å². The molecule has 4 rings (SSSR count). The lowest BCUT2D eigenvalue weighted by Crippen LogP contribution is -2.27. The maximum absolute atomic E-state index is 12.4. The van der Waals surface area contributed by atoms with E-state index in [0.29, 0.717) is 40.3 Å². The van der Waals surface area contributed by atoms with Crippen molar-refractivity contribution in [1.29, 1.82) is 0 Å². The first-order valence-electron chi connectivity index (χ1n) is 9.97. The fourth-order valence-corrected chi connectivity index (χ4v) is 4.17. The quantitative estimate of drug-likeness (QED) is 0.421. The highest BCUT2D eigenvalue weighted by atomic mass is 79.9. The summed E-state index contributed by atoms with van der Waals surface area (Å²) < 4.78 is 27.9. The summed E-state index contributed by atoms with van der Waals surface area (Å²) in [5, 5.41) is 7.91. The fourth-order valence-electron chi connectivity index (χ4n) is 3.49. The molecule has 0 saturated heterocycles. The van der Waals surface area contributed by atoms with E-state index in [4.69, 9.17) is 28.5 Å². The molecule has 2 aromatic carbocycles. The molecule has 1 unspecified atom stereocenters. The number of nitrogens with one attached hydrogen (secondary N) is 1. The van der Waals surface area contributed by atoms with E-state index in [1.807, 2.05) is 12.1 Å². The number of fused-ring (bicyclic) bond motifs is 1. The first-order chi connectivity index (χ1) is 16.0. The Kier molecular flexibility index (Phi) is 6.87. The van der Waals surface area contributed by atoms with Gasteiger partial charge in [0.05, 0.1) is 32.0 Å². The van der Waals surface area contributed by atoms with Crippen LogP contribution in [-0.2, 0) is 16.1 Å². The van der Waals surface area contributed by atoms with Gasteiger partial charge in [0.15, 0.2) is 11.5 Å². The van der Waals surface area contributed by atoms with Crippen molar-refractivity contribution >= 4 is 33.8 Å². The molecule has 0 radical (unpaired) electrons. The molecule has 0 aromatic heterocycles. The highest BCUT2D eigenvalue weighted by Gasteiger charge is 2.34. The zero-order valence-corrected chi connectivity index (χ0v) is 19.8. The van der Waals surface area contributed by atoms with E-state index in [-0.39, 0.29) is 18.6 Å². The Hall–Kier alpha value is -3.47. The summed E-state index contributed by atoms with van der Waals surface area (Å²) in [5.74, 6) is 2.27. The molecule has 0 spiro atoms. The Balaban J connectivity index is 1.40. The van der Waals surface area contributed by atoms with E-state index in [1.165, 1.54) is 6.21 Å². The molecule has 2 aromatic rings. The molecule has 2 aliphatic heterocycles. The minimum absolute atomic E-state index is 0.0718. The summed E-state index contributed by atoms with van der Waals surface area (Å²) >= 11 is 3.56. The molecule has 0 aliphatic carbocycles. The van der Waals surface area contributed by atoms with Crippen molar-refractivity contribution in [3.05, 3.63) is 39.9 Å². The lowest BCUT2D eigenvalue weighted by molar-refractivity contribution is -0.114. The zero-order valence-electron chi connectivity index (χ0n) is 18.2. The second kappa shape index (κ2) is 9.99. The second-order valence-electron chi connectivity index (χ2n) is 7.07. The summed E-state index contributed by atoms with van der Waals surface area (Å²) in [7, 11) is 4.69. The van der Waals surface area contributed by atoms with Crippen LogP contribution in [0.25, 0.3) is 0 Å². The number of rotatable bonds is 8. The Morgan fingerprint density at radius 1 is 1.15 bits per heavy atom. The molecular formula is C22H22BrN3O7. The molecule has 0 bridgehead atoms. The van der Waals surface area contributed by atoms with Gasteiger partial charge in [-0.1, -0.05) is 5.16 Å². The Morgan fingerprint density at radius 2 is 1.85 bits per heavy atom. The van der Waals surface area contributed by atoms with Crippen LogP contribution in [0.5, 0.6) is 28.7 Å². The number of hydrazone groups is 1. The molecular weight excluding hydrogens is 498 g/mol. The highest BCUT2D eigenvalue weighted by Crippen LogP contribution is 2.54. The summed E-state index contributed by atoms with van der Waals surface area (Å²) in [6.45, 7) is 0.0718. The number of halogens is 1. The number of hydrogen-bond acceptors (Lipinski definition) is 9. The molecule has 11 heteroatoms.